The number of hydrogen-bond donors (Lipinski definition) is 2. The molecular weight excluding hydrogens is 517 g/mol. The van der Waals surface area contributed by atoms with Crippen LogP contribution < -0.4 is 11.1 Å². The molecule has 3 aromatic carbocycles. The Hall–Kier alpha value is -3.33. The van der Waals surface area contributed by atoms with Crippen LogP contribution in [0.1, 0.15) is 32.1 Å². The molecule has 0 aliphatic carbocycles. The molecule has 0 unspecified atom stereocenters. The molecule has 2 aromatic heterocycles. The van der Waals surface area contributed by atoms with E-state index in [9.17, 15) is 4.79 Å². The summed E-state index contributed by atoms with van der Waals surface area (Å²) in [4.78, 5) is 24.1. The molecule has 5 aromatic rings. The maximum absolute atomic E-state index is 12.4. The minimum atomic E-state index is -0.102. The number of fused-ring (bicyclic) bond motifs is 3. The third-order valence-electron chi connectivity index (χ3n) is 6.28. The van der Waals surface area contributed by atoms with Gasteiger partial charge in [-0.3, -0.25) is 4.79 Å². The maximum atomic E-state index is 12.4. The molecule has 0 fully saturated rings. The predicted octanol–water partition coefficient (Wildman–Crippen LogP) is 7.12. The van der Waals surface area contributed by atoms with Crippen LogP contribution in [0.25, 0.3) is 10.2 Å². The number of nitrogens with one attached hydrogen (secondary N) is 1. The Labute approximate surface area is 227 Å². The third kappa shape index (κ3) is 5.09. The van der Waals surface area contributed by atoms with Crippen LogP contribution in [0.5, 0.6) is 0 Å². The van der Waals surface area contributed by atoms with Gasteiger partial charge in [-0.2, -0.15) is 0 Å². The van der Waals surface area contributed by atoms with Gasteiger partial charge in [-0.05, 0) is 35.2 Å². The largest absolute Gasteiger partial charge is 0.383 e. The van der Waals surface area contributed by atoms with Crippen LogP contribution in [-0.2, 0) is 11.2 Å². The fourth-order valence-electron chi connectivity index (χ4n) is 4.59. The minimum absolute atomic E-state index is 0.102. The highest BCUT2D eigenvalue weighted by molar-refractivity contribution is 8.00. The third-order valence-corrected chi connectivity index (χ3v) is 10.0. The lowest BCUT2D eigenvalue weighted by molar-refractivity contribution is -0.113. The van der Waals surface area contributed by atoms with Crippen LogP contribution in [0.3, 0.4) is 0 Å². The minimum Gasteiger partial charge on any atom is -0.383 e. The average molecular weight is 541 g/mol. The summed E-state index contributed by atoms with van der Waals surface area (Å²) >= 11 is 4.99. The van der Waals surface area contributed by atoms with Gasteiger partial charge in [-0.15, -0.1) is 23.1 Å². The lowest BCUT2D eigenvalue weighted by Gasteiger charge is -2.30. The van der Waals surface area contributed by atoms with E-state index in [2.05, 4.69) is 71.0 Å². The Morgan fingerprint density at radius 1 is 0.919 bits per heavy atom. The van der Waals surface area contributed by atoms with Crippen molar-refractivity contribution in [3.8, 4) is 0 Å². The molecule has 37 heavy (non-hydrogen) atoms. The molecule has 3 N–H and O–H groups in total. The number of hydrogen-bond acceptors (Lipinski definition) is 7. The second kappa shape index (κ2) is 10.6. The zero-order valence-corrected chi connectivity index (χ0v) is 22.3. The van der Waals surface area contributed by atoms with Gasteiger partial charge in [0.15, 0.2) is 5.16 Å². The number of carbonyl (C=O) groups excluding carboxylic acids is 1. The van der Waals surface area contributed by atoms with Crippen molar-refractivity contribution in [3.05, 3.63) is 113 Å². The average Bonchev–Trinajstić information content (AvgIpc) is 3.32. The molecule has 1 aliphatic heterocycles. The van der Waals surface area contributed by atoms with Crippen molar-refractivity contribution >= 4 is 62.5 Å². The van der Waals surface area contributed by atoms with Crippen LogP contribution in [0, 0.1) is 0 Å². The van der Waals surface area contributed by atoms with Crippen LogP contribution in [-0.4, -0.2) is 21.6 Å². The summed E-state index contributed by atoms with van der Waals surface area (Å²) in [6.07, 6.45) is 0.882. The van der Waals surface area contributed by atoms with E-state index in [1.807, 2.05) is 42.1 Å². The molecule has 0 spiro atoms. The van der Waals surface area contributed by atoms with Gasteiger partial charge < -0.3 is 11.1 Å². The van der Waals surface area contributed by atoms with E-state index >= 15 is 0 Å². The smallest absolute Gasteiger partial charge is 0.234 e. The van der Waals surface area contributed by atoms with Crippen molar-refractivity contribution < 1.29 is 4.79 Å². The first-order chi connectivity index (χ1) is 18.2. The Morgan fingerprint density at radius 2 is 1.57 bits per heavy atom. The van der Waals surface area contributed by atoms with Gasteiger partial charge in [0, 0.05) is 15.8 Å². The topological polar surface area (TPSA) is 80.9 Å². The SMILES string of the molecule is Nc1nc(SCC(=O)Nc2ccccc2)nc2sc3c(c12)C[C@H](c1ccccc1)S[C@@H]3c1ccccc1. The highest BCUT2D eigenvalue weighted by Gasteiger charge is 2.34. The summed E-state index contributed by atoms with van der Waals surface area (Å²) in [5.41, 5.74) is 11.2. The standard InChI is InChI=1S/C29H24N4OS3/c30-27-24-21-16-22(18-10-4-1-5-11-18)36-25(19-12-6-2-7-13-19)26(21)37-28(24)33-29(32-27)35-17-23(34)31-20-14-8-3-9-15-20/h1-15,22,25H,16-17H2,(H,31,34)(H2,30,32,33)/t22-,25-/m1/s1. The number of anilines is 2. The number of nitrogens with zero attached hydrogens (tertiary/aromatic N) is 2. The number of rotatable bonds is 6. The Bertz CT molecular complexity index is 1540. The van der Waals surface area contributed by atoms with E-state index in [4.69, 9.17) is 10.7 Å². The molecule has 5 nitrogen and oxygen atoms in total. The molecule has 0 saturated heterocycles. The molecule has 0 bridgehead atoms. The molecule has 184 valence electrons. The number of nitrogen functional groups attached to an aromatic ring is 1. The Morgan fingerprint density at radius 3 is 2.27 bits per heavy atom. The van der Waals surface area contributed by atoms with Gasteiger partial charge in [-0.25, -0.2) is 9.97 Å². The number of benzene rings is 3. The van der Waals surface area contributed by atoms with E-state index in [-0.39, 0.29) is 16.9 Å². The van der Waals surface area contributed by atoms with Crippen molar-refractivity contribution in [3.63, 3.8) is 0 Å². The lowest BCUT2D eigenvalue weighted by Crippen LogP contribution is -2.14. The number of para-hydroxylation sites is 1. The molecule has 0 saturated carbocycles. The molecular formula is C29H24N4OS3. The second-order valence-electron chi connectivity index (χ2n) is 8.75. The molecule has 1 amide bonds. The van der Waals surface area contributed by atoms with E-state index in [0.717, 1.165) is 22.3 Å². The van der Waals surface area contributed by atoms with Gasteiger partial charge >= 0.3 is 0 Å². The normalized spacial score (nSPS) is 16.9. The van der Waals surface area contributed by atoms with E-state index in [1.54, 1.807) is 11.3 Å². The molecule has 6 rings (SSSR count). The van der Waals surface area contributed by atoms with Gasteiger partial charge in [0.05, 0.1) is 16.4 Å². The number of aromatic nitrogens is 2. The van der Waals surface area contributed by atoms with Gasteiger partial charge in [0.1, 0.15) is 10.6 Å². The molecule has 8 heteroatoms. The first kappa shape index (κ1) is 24.0. The van der Waals surface area contributed by atoms with Crippen LogP contribution in [0.4, 0.5) is 11.5 Å². The summed E-state index contributed by atoms with van der Waals surface area (Å²) in [5, 5.41) is 4.89. The Balaban J connectivity index is 1.32. The van der Waals surface area contributed by atoms with Crippen molar-refractivity contribution in [2.24, 2.45) is 0 Å². The molecule has 3 heterocycles. The van der Waals surface area contributed by atoms with Crippen molar-refractivity contribution in [1.29, 1.82) is 0 Å². The number of thioether (sulfide) groups is 2. The number of amides is 1. The van der Waals surface area contributed by atoms with Gasteiger partial charge in [0.25, 0.3) is 0 Å². The summed E-state index contributed by atoms with van der Waals surface area (Å²) in [5.74, 6) is 0.595. The highest BCUT2D eigenvalue weighted by Crippen LogP contribution is 2.55. The van der Waals surface area contributed by atoms with Crippen molar-refractivity contribution in [2.75, 3.05) is 16.8 Å². The van der Waals surface area contributed by atoms with Gasteiger partial charge in [-0.1, -0.05) is 90.6 Å². The van der Waals surface area contributed by atoms with E-state index in [0.29, 0.717) is 16.2 Å². The maximum Gasteiger partial charge on any atom is 0.234 e. The zero-order chi connectivity index (χ0) is 25.2. The summed E-state index contributed by atoms with van der Waals surface area (Å²) < 4.78 is 0. The zero-order valence-electron chi connectivity index (χ0n) is 19.8. The molecule has 2 atom stereocenters. The Kier molecular flexibility index (Phi) is 6.87. The lowest BCUT2D eigenvalue weighted by atomic mass is 9.98. The molecule has 1 aliphatic rings. The number of carbonyl (C=O) groups is 1. The number of thiophene rings is 1. The first-order valence-corrected chi connectivity index (χ1v) is 14.7. The monoisotopic (exact) mass is 540 g/mol. The van der Waals surface area contributed by atoms with Crippen LogP contribution >= 0.6 is 34.9 Å². The fraction of sp³-hybridized carbons (Fsp3) is 0.138. The molecule has 0 radical (unpaired) electrons. The summed E-state index contributed by atoms with van der Waals surface area (Å²) in [7, 11) is 0. The van der Waals surface area contributed by atoms with E-state index in [1.165, 1.54) is 33.3 Å². The quantitative estimate of drug-likeness (QED) is 0.176. The van der Waals surface area contributed by atoms with Crippen molar-refractivity contribution in [1.82, 2.24) is 9.97 Å². The van der Waals surface area contributed by atoms with Crippen LogP contribution in [0.15, 0.2) is 96.2 Å². The summed E-state index contributed by atoms with van der Waals surface area (Å²) in [6, 6.07) is 30.7. The second-order valence-corrected chi connectivity index (χ2v) is 12.0. The summed E-state index contributed by atoms with van der Waals surface area (Å²) in [6.45, 7) is 0. The predicted molar refractivity (Wildman–Crippen MR) is 156 cm³/mol. The number of nitrogens with two attached hydrogens (primary N) is 1. The first-order valence-electron chi connectivity index (χ1n) is 12.0. The van der Waals surface area contributed by atoms with Crippen LogP contribution in [0.2, 0.25) is 0 Å². The van der Waals surface area contributed by atoms with Crippen molar-refractivity contribution in [2.45, 2.75) is 22.1 Å². The fourth-order valence-corrected chi connectivity index (χ4v) is 8.32. The highest BCUT2D eigenvalue weighted by atomic mass is 32.2. The van der Waals surface area contributed by atoms with E-state index < -0.39 is 0 Å². The van der Waals surface area contributed by atoms with Gasteiger partial charge in [0.2, 0.25) is 5.91 Å².